The Morgan fingerprint density at radius 1 is 1.33 bits per heavy atom. The third-order valence-electron chi connectivity index (χ3n) is 4.85. The van der Waals surface area contributed by atoms with Crippen molar-refractivity contribution in [1.82, 2.24) is 15.5 Å². The van der Waals surface area contributed by atoms with Crippen LogP contribution in [0.25, 0.3) is 0 Å². The van der Waals surface area contributed by atoms with Crippen LogP contribution in [-0.2, 0) is 6.54 Å². The van der Waals surface area contributed by atoms with E-state index in [0.717, 1.165) is 26.1 Å². The van der Waals surface area contributed by atoms with Crippen molar-refractivity contribution < 1.29 is 23.0 Å². The highest BCUT2D eigenvalue weighted by atomic mass is 19.3. The Hall–Kier alpha value is -2.29. The molecule has 0 aromatic heterocycles. The van der Waals surface area contributed by atoms with E-state index >= 15 is 0 Å². The lowest BCUT2D eigenvalue weighted by Crippen LogP contribution is -2.44. The van der Waals surface area contributed by atoms with Crippen molar-refractivity contribution in [2.24, 2.45) is 4.99 Å². The molecule has 0 spiro atoms. The van der Waals surface area contributed by atoms with Gasteiger partial charge in [0, 0.05) is 37.8 Å². The Labute approximate surface area is 157 Å². The van der Waals surface area contributed by atoms with Crippen LogP contribution in [0.2, 0.25) is 0 Å². The fourth-order valence-corrected chi connectivity index (χ4v) is 3.47. The topological polar surface area (TPSA) is 67.4 Å². The predicted molar refractivity (Wildman–Crippen MR) is 97.7 cm³/mol. The molecule has 0 radical (unpaired) electrons. The lowest BCUT2D eigenvalue weighted by Gasteiger charge is -2.24. The second kappa shape index (κ2) is 9.07. The third-order valence-corrected chi connectivity index (χ3v) is 4.85. The summed E-state index contributed by atoms with van der Waals surface area (Å²) in [5.41, 5.74) is 0.540. The normalized spacial score (nSPS) is 19.6. The average molecular weight is 384 g/mol. The number of fused-ring (bicyclic) bond motifs is 1. The van der Waals surface area contributed by atoms with Crippen molar-refractivity contribution in [3.63, 3.8) is 0 Å². The quantitative estimate of drug-likeness (QED) is 0.555. The van der Waals surface area contributed by atoms with E-state index < -0.39 is 6.61 Å². The van der Waals surface area contributed by atoms with Gasteiger partial charge in [0.2, 0.25) is 6.79 Å². The maximum Gasteiger partial charge on any atom is 0.387 e. The molecule has 7 nitrogen and oxygen atoms in total. The zero-order chi connectivity index (χ0) is 19.2. The molecule has 3 rings (SSSR count). The summed E-state index contributed by atoms with van der Waals surface area (Å²) in [4.78, 5) is 6.65. The Morgan fingerprint density at radius 3 is 2.81 bits per heavy atom. The molecule has 0 aliphatic carbocycles. The summed E-state index contributed by atoms with van der Waals surface area (Å²) in [5.74, 6) is 1.59. The van der Waals surface area contributed by atoms with Gasteiger partial charge in [-0.3, -0.25) is 9.89 Å². The zero-order valence-corrected chi connectivity index (χ0v) is 15.6. The van der Waals surface area contributed by atoms with Crippen LogP contribution >= 0.6 is 0 Å². The van der Waals surface area contributed by atoms with E-state index in [1.54, 1.807) is 13.1 Å². The summed E-state index contributed by atoms with van der Waals surface area (Å²) >= 11 is 0. The minimum atomic E-state index is -2.91. The fraction of sp³-hybridized carbons (Fsp3) is 0.611. The van der Waals surface area contributed by atoms with Crippen molar-refractivity contribution in [2.75, 3.05) is 33.5 Å². The van der Waals surface area contributed by atoms with Gasteiger partial charge in [-0.1, -0.05) is 6.92 Å². The lowest BCUT2D eigenvalue weighted by molar-refractivity contribution is -0.0505. The van der Waals surface area contributed by atoms with Gasteiger partial charge in [0.05, 0.1) is 0 Å². The van der Waals surface area contributed by atoms with Gasteiger partial charge >= 0.3 is 6.61 Å². The zero-order valence-electron chi connectivity index (χ0n) is 15.6. The van der Waals surface area contributed by atoms with Crippen molar-refractivity contribution in [2.45, 2.75) is 39.0 Å². The summed E-state index contributed by atoms with van der Waals surface area (Å²) in [7, 11) is 1.68. The molecule has 1 fully saturated rings. The number of rotatable bonds is 7. The fourth-order valence-electron chi connectivity index (χ4n) is 3.47. The first kappa shape index (κ1) is 19.5. The number of aliphatic imine (C=N–C) groups is 1. The van der Waals surface area contributed by atoms with Gasteiger partial charge in [0.1, 0.15) is 5.75 Å². The van der Waals surface area contributed by atoms with Crippen LogP contribution in [0.1, 0.15) is 25.3 Å². The molecule has 1 saturated heterocycles. The van der Waals surface area contributed by atoms with E-state index in [1.807, 2.05) is 0 Å². The molecule has 2 aliphatic rings. The predicted octanol–water partition coefficient (Wildman–Crippen LogP) is 2.17. The lowest BCUT2D eigenvalue weighted by atomic mass is 10.1. The second-order valence-corrected chi connectivity index (χ2v) is 6.42. The molecule has 0 bridgehead atoms. The maximum absolute atomic E-state index is 12.7. The highest BCUT2D eigenvalue weighted by molar-refractivity contribution is 5.79. The molecule has 0 saturated carbocycles. The molecular formula is C18H26F2N4O3. The SMILES string of the molecule is CCN1CCCC1CNC(=NC)NCc1cc2c(cc1OC(F)F)OCO2. The third kappa shape index (κ3) is 4.91. The first-order valence-corrected chi connectivity index (χ1v) is 9.16. The van der Waals surface area contributed by atoms with Crippen molar-refractivity contribution in [3.8, 4) is 17.2 Å². The van der Waals surface area contributed by atoms with E-state index in [9.17, 15) is 8.78 Å². The molecule has 1 unspecified atom stereocenters. The molecular weight excluding hydrogens is 358 g/mol. The Morgan fingerprint density at radius 2 is 2.11 bits per heavy atom. The number of likely N-dealkylation sites (N-methyl/N-ethyl adjacent to an activating group) is 1. The van der Waals surface area contributed by atoms with E-state index in [-0.39, 0.29) is 19.1 Å². The molecule has 0 amide bonds. The summed E-state index contributed by atoms with van der Waals surface area (Å²) in [5, 5.41) is 6.46. The van der Waals surface area contributed by atoms with Crippen LogP contribution < -0.4 is 24.8 Å². The van der Waals surface area contributed by atoms with Gasteiger partial charge in [0.25, 0.3) is 0 Å². The molecule has 1 aromatic carbocycles. The first-order valence-electron chi connectivity index (χ1n) is 9.16. The van der Waals surface area contributed by atoms with Crippen LogP contribution in [0.3, 0.4) is 0 Å². The van der Waals surface area contributed by atoms with E-state index in [0.29, 0.717) is 29.1 Å². The largest absolute Gasteiger partial charge is 0.454 e. The molecule has 2 N–H and O–H groups in total. The highest BCUT2D eigenvalue weighted by Gasteiger charge is 2.23. The maximum atomic E-state index is 12.7. The molecule has 150 valence electrons. The highest BCUT2D eigenvalue weighted by Crippen LogP contribution is 2.38. The van der Waals surface area contributed by atoms with Gasteiger partial charge < -0.3 is 24.8 Å². The van der Waals surface area contributed by atoms with Gasteiger partial charge in [0.15, 0.2) is 17.5 Å². The van der Waals surface area contributed by atoms with E-state index in [4.69, 9.17) is 9.47 Å². The van der Waals surface area contributed by atoms with E-state index in [2.05, 4.69) is 32.2 Å². The van der Waals surface area contributed by atoms with Gasteiger partial charge in [-0.25, -0.2) is 0 Å². The number of nitrogens with one attached hydrogen (secondary N) is 2. The number of alkyl halides is 2. The van der Waals surface area contributed by atoms with Gasteiger partial charge in [-0.15, -0.1) is 0 Å². The monoisotopic (exact) mass is 384 g/mol. The molecule has 2 aliphatic heterocycles. The van der Waals surface area contributed by atoms with Crippen LogP contribution in [0.15, 0.2) is 17.1 Å². The number of halogens is 2. The number of hydrogen-bond donors (Lipinski definition) is 2. The smallest absolute Gasteiger partial charge is 0.387 e. The Kier molecular flexibility index (Phi) is 6.54. The number of hydrogen-bond acceptors (Lipinski definition) is 5. The average Bonchev–Trinajstić information content (AvgIpc) is 3.29. The first-order chi connectivity index (χ1) is 13.1. The number of guanidine groups is 1. The minimum absolute atomic E-state index is 0.0603. The molecule has 1 atom stereocenters. The molecule has 1 aromatic rings. The Balaban J connectivity index is 1.60. The number of likely N-dealkylation sites (tertiary alicyclic amines) is 1. The molecule has 2 heterocycles. The van der Waals surface area contributed by atoms with Crippen LogP contribution in [0.5, 0.6) is 17.2 Å². The van der Waals surface area contributed by atoms with Crippen molar-refractivity contribution in [1.29, 1.82) is 0 Å². The summed E-state index contributed by atoms with van der Waals surface area (Å²) in [6.07, 6.45) is 2.37. The van der Waals surface area contributed by atoms with Crippen LogP contribution in [0.4, 0.5) is 8.78 Å². The summed E-state index contributed by atoms with van der Waals surface area (Å²) in [6, 6.07) is 3.56. The van der Waals surface area contributed by atoms with Crippen molar-refractivity contribution >= 4 is 5.96 Å². The summed E-state index contributed by atoms with van der Waals surface area (Å²) < 4.78 is 40.6. The second-order valence-electron chi connectivity index (χ2n) is 6.42. The van der Waals surface area contributed by atoms with Gasteiger partial charge in [-0.05, 0) is 32.0 Å². The van der Waals surface area contributed by atoms with Gasteiger partial charge in [-0.2, -0.15) is 8.78 Å². The number of nitrogens with zero attached hydrogens (tertiary/aromatic N) is 2. The van der Waals surface area contributed by atoms with Crippen LogP contribution in [-0.4, -0.2) is 57.0 Å². The Bertz CT molecular complexity index is 672. The molecule has 27 heavy (non-hydrogen) atoms. The minimum Gasteiger partial charge on any atom is -0.454 e. The number of benzene rings is 1. The standard InChI is InChI=1S/C18H26F2N4O3/c1-3-24-6-4-5-13(24)10-23-18(21-2)22-9-12-7-15-16(26-11-25-15)8-14(12)27-17(19)20/h7-8,13,17H,3-6,9-11H2,1-2H3,(H2,21,22,23). The summed E-state index contributed by atoms with van der Waals surface area (Å²) in [6.45, 7) is 2.53. The molecule has 9 heteroatoms. The number of ether oxygens (including phenoxy) is 3. The van der Waals surface area contributed by atoms with Crippen molar-refractivity contribution in [3.05, 3.63) is 17.7 Å². The van der Waals surface area contributed by atoms with E-state index in [1.165, 1.54) is 12.5 Å². The van der Waals surface area contributed by atoms with Crippen LogP contribution in [0, 0.1) is 0 Å².